The van der Waals surface area contributed by atoms with Crippen molar-refractivity contribution < 1.29 is 14.3 Å². The summed E-state index contributed by atoms with van der Waals surface area (Å²) in [5.74, 6) is 0.0623. The summed E-state index contributed by atoms with van der Waals surface area (Å²) in [5.41, 5.74) is 6.99. The summed E-state index contributed by atoms with van der Waals surface area (Å²) >= 11 is 0. The molecule has 0 heterocycles. The van der Waals surface area contributed by atoms with Crippen molar-refractivity contribution in [3.05, 3.63) is 54.1 Å². The highest BCUT2D eigenvalue weighted by Crippen LogP contribution is 2.16. The van der Waals surface area contributed by atoms with E-state index in [-0.39, 0.29) is 5.91 Å². The molecule has 0 aliphatic heterocycles. The van der Waals surface area contributed by atoms with Crippen LogP contribution in [0.1, 0.15) is 17.3 Å². The van der Waals surface area contributed by atoms with Crippen LogP contribution in [0.3, 0.4) is 0 Å². The van der Waals surface area contributed by atoms with Crippen LogP contribution in [0.15, 0.2) is 48.5 Å². The van der Waals surface area contributed by atoms with Crippen molar-refractivity contribution in [2.45, 2.75) is 13.0 Å². The van der Waals surface area contributed by atoms with E-state index in [9.17, 15) is 9.59 Å². The van der Waals surface area contributed by atoms with E-state index in [1.54, 1.807) is 38.3 Å². The second kappa shape index (κ2) is 7.31. The summed E-state index contributed by atoms with van der Waals surface area (Å²) in [4.78, 5) is 23.2. The van der Waals surface area contributed by atoms with Gasteiger partial charge < -0.3 is 21.1 Å². The molecule has 120 valence electrons. The Kier molecular flexibility index (Phi) is 5.19. The Balaban J connectivity index is 1.94. The highest BCUT2D eigenvalue weighted by molar-refractivity contribution is 5.97. The van der Waals surface area contributed by atoms with Gasteiger partial charge >= 0.3 is 0 Å². The Morgan fingerprint density at radius 1 is 1.00 bits per heavy atom. The number of amides is 2. The fourth-order valence-electron chi connectivity index (χ4n) is 1.97. The second-order valence-electron chi connectivity index (χ2n) is 5.03. The fourth-order valence-corrected chi connectivity index (χ4v) is 1.97. The monoisotopic (exact) mass is 313 g/mol. The first-order valence-electron chi connectivity index (χ1n) is 7.11. The van der Waals surface area contributed by atoms with Gasteiger partial charge in [-0.25, -0.2) is 0 Å². The smallest absolute Gasteiger partial charge is 0.248 e. The normalized spacial score (nSPS) is 11.4. The number of hydrogen-bond donors (Lipinski definition) is 3. The van der Waals surface area contributed by atoms with Crippen molar-refractivity contribution in [1.29, 1.82) is 0 Å². The maximum atomic E-state index is 12.2. The third-order valence-corrected chi connectivity index (χ3v) is 3.30. The molecule has 2 rings (SSSR count). The largest absolute Gasteiger partial charge is 0.497 e. The van der Waals surface area contributed by atoms with Crippen molar-refractivity contribution in [3.8, 4) is 5.75 Å². The average Bonchev–Trinajstić information content (AvgIpc) is 2.56. The van der Waals surface area contributed by atoms with Crippen LogP contribution >= 0.6 is 0 Å². The molecule has 0 saturated heterocycles. The lowest BCUT2D eigenvalue weighted by molar-refractivity contribution is -0.116. The Labute approximate surface area is 134 Å². The Hall–Kier alpha value is -3.02. The van der Waals surface area contributed by atoms with E-state index in [0.29, 0.717) is 11.3 Å². The van der Waals surface area contributed by atoms with Crippen molar-refractivity contribution >= 4 is 23.2 Å². The van der Waals surface area contributed by atoms with E-state index in [1.807, 2.05) is 24.3 Å². The number of ether oxygens (including phenoxy) is 1. The number of primary amides is 1. The summed E-state index contributed by atoms with van der Waals surface area (Å²) in [6.07, 6.45) is 0. The molecule has 0 bridgehead atoms. The van der Waals surface area contributed by atoms with Crippen LogP contribution in [0, 0.1) is 0 Å². The standard InChI is InChI=1S/C17H19N3O3/c1-11(19-13-7-9-15(23-2)10-8-13)17(22)20-14-5-3-12(4-6-14)16(18)21/h3-11,19H,1-2H3,(H2,18,21)(H,20,22)/t11-/m1/s1. The van der Waals surface area contributed by atoms with Gasteiger partial charge in [-0.1, -0.05) is 0 Å². The molecule has 0 radical (unpaired) electrons. The number of carbonyl (C=O) groups excluding carboxylic acids is 2. The third kappa shape index (κ3) is 4.47. The minimum atomic E-state index is -0.502. The van der Waals surface area contributed by atoms with Crippen molar-refractivity contribution in [2.24, 2.45) is 5.73 Å². The molecule has 23 heavy (non-hydrogen) atoms. The highest BCUT2D eigenvalue weighted by atomic mass is 16.5. The average molecular weight is 313 g/mol. The molecule has 2 aromatic rings. The Morgan fingerprint density at radius 2 is 1.57 bits per heavy atom. The van der Waals surface area contributed by atoms with Gasteiger partial charge in [0.15, 0.2) is 0 Å². The van der Waals surface area contributed by atoms with Crippen molar-refractivity contribution in [3.63, 3.8) is 0 Å². The lowest BCUT2D eigenvalue weighted by atomic mass is 10.2. The molecule has 0 aliphatic carbocycles. The molecular formula is C17H19N3O3. The van der Waals surface area contributed by atoms with E-state index < -0.39 is 11.9 Å². The maximum Gasteiger partial charge on any atom is 0.248 e. The number of carbonyl (C=O) groups is 2. The topological polar surface area (TPSA) is 93.4 Å². The fraction of sp³-hybridized carbons (Fsp3) is 0.176. The number of methoxy groups -OCH3 is 1. The van der Waals surface area contributed by atoms with Gasteiger partial charge in [-0.3, -0.25) is 9.59 Å². The predicted octanol–water partition coefficient (Wildman–Crippen LogP) is 2.23. The zero-order valence-corrected chi connectivity index (χ0v) is 13.0. The van der Waals surface area contributed by atoms with Gasteiger partial charge in [0.05, 0.1) is 7.11 Å². The van der Waals surface area contributed by atoms with Gasteiger partial charge in [0, 0.05) is 16.9 Å². The van der Waals surface area contributed by atoms with Crippen LogP contribution < -0.4 is 21.1 Å². The molecule has 6 nitrogen and oxygen atoms in total. The van der Waals surface area contributed by atoms with E-state index in [4.69, 9.17) is 10.5 Å². The summed E-state index contributed by atoms with van der Waals surface area (Å²) in [7, 11) is 1.60. The van der Waals surface area contributed by atoms with Gasteiger partial charge in [0.25, 0.3) is 0 Å². The van der Waals surface area contributed by atoms with E-state index in [2.05, 4.69) is 10.6 Å². The minimum Gasteiger partial charge on any atom is -0.497 e. The minimum absolute atomic E-state index is 0.187. The molecule has 0 unspecified atom stereocenters. The highest BCUT2D eigenvalue weighted by Gasteiger charge is 2.13. The molecule has 0 spiro atoms. The molecule has 0 aromatic heterocycles. The zero-order chi connectivity index (χ0) is 16.8. The van der Waals surface area contributed by atoms with Gasteiger partial charge in [-0.05, 0) is 55.5 Å². The van der Waals surface area contributed by atoms with Crippen LogP contribution in [0.5, 0.6) is 5.75 Å². The lowest BCUT2D eigenvalue weighted by Gasteiger charge is -2.15. The number of nitrogens with one attached hydrogen (secondary N) is 2. The van der Waals surface area contributed by atoms with Gasteiger partial charge in [0.2, 0.25) is 11.8 Å². The SMILES string of the molecule is COc1ccc(N[C@H](C)C(=O)Nc2ccc(C(N)=O)cc2)cc1. The number of nitrogens with two attached hydrogens (primary N) is 1. The van der Waals surface area contributed by atoms with E-state index in [1.165, 1.54) is 0 Å². The quantitative estimate of drug-likeness (QED) is 0.762. The molecule has 2 amide bonds. The van der Waals surface area contributed by atoms with Gasteiger partial charge in [-0.2, -0.15) is 0 Å². The summed E-state index contributed by atoms with van der Waals surface area (Å²) in [6.45, 7) is 1.76. The van der Waals surface area contributed by atoms with Gasteiger partial charge in [0.1, 0.15) is 11.8 Å². The Bertz CT molecular complexity index is 681. The summed E-state index contributed by atoms with van der Waals surface area (Å²) < 4.78 is 5.09. The first-order chi connectivity index (χ1) is 11.0. The predicted molar refractivity (Wildman–Crippen MR) is 89.7 cm³/mol. The molecule has 0 aliphatic rings. The second-order valence-corrected chi connectivity index (χ2v) is 5.03. The Morgan fingerprint density at radius 3 is 2.09 bits per heavy atom. The third-order valence-electron chi connectivity index (χ3n) is 3.30. The maximum absolute atomic E-state index is 12.2. The molecule has 2 aromatic carbocycles. The van der Waals surface area contributed by atoms with Crippen molar-refractivity contribution in [1.82, 2.24) is 0 Å². The molecule has 6 heteroatoms. The number of benzene rings is 2. The van der Waals surface area contributed by atoms with Crippen molar-refractivity contribution in [2.75, 3.05) is 17.7 Å². The summed E-state index contributed by atoms with van der Waals surface area (Å²) in [6, 6.07) is 13.3. The molecule has 0 fully saturated rings. The number of anilines is 2. The first-order valence-corrected chi connectivity index (χ1v) is 7.11. The van der Waals surface area contributed by atoms with E-state index >= 15 is 0 Å². The molecular weight excluding hydrogens is 294 g/mol. The molecule has 0 saturated carbocycles. The number of hydrogen-bond acceptors (Lipinski definition) is 4. The van der Waals surface area contributed by atoms with Crippen LogP contribution in [0.4, 0.5) is 11.4 Å². The van der Waals surface area contributed by atoms with Crippen LogP contribution in [0.25, 0.3) is 0 Å². The van der Waals surface area contributed by atoms with Crippen LogP contribution in [-0.4, -0.2) is 25.0 Å². The lowest BCUT2D eigenvalue weighted by Crippen LogP contribution is -2.31. The molecule has 1 atom stereocenters. The zero-order valence-electron chi connectivity index (χ0n) is 13.0. The van der Waals surface area contributed by atoms with Gasteiger partial charge in [-0.15, -0.1) is 0 Å². The van der Waals surface area contributed by atoms with E-state index in [0.717, 1.165) is 11.4 Å². The number of rotatable bonds is 6. The molecule has 4 N–H and O–H groups in total. The van der Waals surface area contributed by atoms with Crippen LogP contribution in [-0.2, 0) is 4.79 Å². The van der Waals surface area contributed by atoms with Crippen LogP contribution in [0.2, 0.25) is 0 Å². The first kappa shape index (κ1) is 16.4. The summed E-state index contributed by atoms with van der Waals surface area (Å²) in [5, 5.41) is 5.87.